The first-order valence-electron chi connectivity index (χ1n) is 6.36. The Bertz CT molecular complexity index is 490. The third-order valence-electron chi connectivity index (χ3n) is 2.96. The third kappa shape index (κ3) is 4.62. The van der Waals surface area contributed by atoms with E-state index < -0.39 is 11.8 Å². The molecular formula is C14H19N3O2S. The molecule has 1 aromatic carbocycles. The van der Waals surface area contributed by atoms with Crippen molar-refractivity contribution in [3.8, 4) is 0 Å². The van der Waals surface area contributed by atoms with Crippen molar-refractivity contribution in [2.45, 2.75) is 13.3 Å². The van der Waals surface area contributed by atoms with Gasteiger partial charge in [-0.3, -0.25) is 9.59 Å². The lowest BCUT2D eigenvalue weighted by atomic mass is 9.97. The molecule has 0 aliphatic heterocycles. The van der Waals surface area contributed by atoms with Gasteiger partial charge in [0.1, 0.15) is 0 Å². The molecule has 0 aliphatic rings. The Morgan fingerprint density at radius 3 is 2.30 bits per heavy atom. The molecule has 6 heteroatoms. The van der Waals surface area contributed by atoms with Gasteiger partial charge >= 0.3 is 0 Å². The molecule has 0 saturated carbocycles. The number of primary amides is 1. The van der Waals surface area contributed by atoms with Gasteiger partial charge in [-0.2, -0.15) is 0 Å². The minimum atomic E-state index is -0.619. The normalized spacial score (nSPS) is 11.7. The number of nitrogens with two attached hydrogens (primary N) is 2. The van der Waals surface area contributed by atoms with Gasteiger partial charge in [0, 0.05) is 6.54 Å². The molecule has 0 saturated heterocycles. The first-order valence-corrected chi connectivity index (χ1v) is 6.76. The molecule has 2 amide bonds. The predicted octanol–water partition coefficient (Wildman–Crippen LogP) is 0.465. The smallest absolute Gasteiger partial charge is 0.237 e. The van der Waals surface area contributed by atoms with Crippen molar-refractivity contribution in [1.29, 1.82) is 0 Å². The van der Waals surface area contributed by atoms with Gasteiger partial charge in [0.2, 0.25) is 11.8 Å². The van der Waals surface area contributed by atoms with Crippen LogP contribution in [-0.2, 0) is 16.0 Å². The second-order valence-corrected chi connectivity index (χ2v) is 4.93. The van der Waals surface area contributed by atoms with Crippen LogP contribution < -0.4 is 11.5 Å². The zero-order valence-corrected chi connectivity index (χ0v) is 12.2. The van der Waals surface area contributed by atoms with Crippen molar-refractivity contribution in [1.82, 2.24) is 4.90 Å². The lowest BCUT2D eigenvalue weighted by molar-refractivity contribution is -0.136. The summed E-state index contributed by atoms with van der Waals surface area (Å²) in [6.07, 6.45) is 0.421. The van der Waals surface area contributed by atoms with Crippen molar-refractivity contribution in [2.24, 2.45) is 17.4 Å². The van der Waals surface area contributed by atoms with Gasteiger partial charge < -0.3 is 16.4 Å². The maximum atomic E-state index is 12.4. The summed E-state index contributed by atoms with van der Waals surface area (Å²) in [7, 11) is 0. The highest BCUT2D eigenvalue weighted by atomic mass is 32.1. The molecule has 108 valence electrons. The van der Waals surface area contributed by atoms with Crippen LogP contribution in [0.15, 0.2) is 30.3 Å². The van der Waals surface area contributed by atoms with Crippen LogP contribution in [0.5, 0.6) is 0 Å². The number of benzene rings is 1. The van der Waals surface area contributed by atoms with Gasteiger partial charge in [0.25, 0.3) is 0 Å². The standard InChI is InChI=1S/C14H19N3O2S/c1-2-17(9-12(15)18)14(19)11(13(16)20)8-10-6-4-3-5-7-10/h3-7,11H,2,8-9H2,1H3,(H2,15,18)(H2,16,20). The van der Waals surface area contributed by atoms with Crippen LogP contribution in [0.1, 0.15) is 12.5 Å². The highest BCUT2D eigenvalue weighted by Gasteiger charge is 2.26. The monoisotopic (exact) mass is 293 g/mol. The van der Waals surface area contributed by atoms with Crippen molar-refractivity contribution in [3.05, 3.63) is 35.9 Å². The fourth-order valence-electron chi connectivity index (χ4n) is 1.91. The highest BCUT2D eigenvalue weighted by molar-refractivity contribution is 7.80. The molecule has 0 spiro atoms. The van der Waals surface area contributed by atoms with Crippen LogP contribution in [0.4, 0.5) is 0 Å². The molecule has 0 aromatic heterocycles. The summed E-state index contributed by atoms with van der Waals surface area (Å²) >= 11 is 4.99. The molecule has 0 aliphatic carbocycles. The van der Waals surface area contributed by atoms with E-state index in [2.05, 4.69) is 0 Å². The van der Waals surface area contributed by atoms with E-state index in [0.29, 0.717) is 13.0 Å². The average Bonchev–Trinajstić information content (AvgIpc) is 2.42. The van der Waals surface area contributed by atoms with Crippen molar-refractivity contribution >= 4 is 29.0 Å². The summed E-state index contributed by atoms with van der Waals surface area (Å²) < 4.78 is 0. The Balaban J connectivity index is 2.87. The van der Waals surface area contributed by atoms with Crippen LogP contribution in [0.25, 0.3) is 0 Å². The maximum Gasteiger partial charge on any atom is 0.237 e. The Labute approximate surface area is 123 Å². The summed E-state index contributed by atoms with van der Waals surface area (Å²) in [4.78, 5) is 24.9. The Morgan fingerprint density at radius 1 is 1.25 bits per heavy atom. The highest BCUT2D eigenvalue weighted by Crippen LogP contribution is 2.12. The van der Waals surface area contributed by atoms with Gasteiger partial charge in [0.05, 0.1) is 17.5 Å². The topological polar surface area (TPSA) is 89.4 Å². The second kappa shape index (κ2) is 7.59. The first kappa shape index (κ1) is 16.1. The van der Waals surface area contributed by atoms with E-state index >= 15 is 0 Å². The molecule has 1 aromatic rings. The molecule has 0 fully saturated rings. The zero-order chi connectivity index (χ0) is 15.1. The van der Waals surface area contributed by atoms with Gasteiger partial charge in [-0.15, -0.1) is 0 Å². The lowest BCUT2D eigenvalue weighted by Crippen LogP contribution is -2.45. The Hall–Kier alpha value is -1.95. The van der Waals surface area contributed by atoms with E-state index in [0.717, 1.165) is 5.56 Å². The van der Waals surface area contributed by atoms with E-state index in [1.54, 1.807) is 6.92 Å². The van der Waals surface area contributed by atoms with Gasteiger partial charge in [0.15, 0.2) is 0 Å². The van der Waals surface area contributed by atoms with Crippen molar-refractivity contribution < 1.29 is 9.59 Å². The molecule has 0 heterocycles. The fraction of sp³-hybridized carbons (Fsp3) is 0.357. The molecule has 0 bridgehead atoms. The molecule has 20 heavy (non-hydrogen) atoms. The average molecular weight is 293 g/mol. The number of likely N-dealkylation sites (N-methyl/N-ethyl adjacent to an activating group) is 1. The van der Waals surface area contributed by atoms with Gasteiger partial charge in [-0.05, 0) is 18.9 Å². The number of nitrogens with zero attached hydrogens (tertiary/aromatic N) is 1. The molecule has 1 atom stereocenters. The summed E-state index contributed by atoms with van der Waals surface area (Å²) in [6.45, 7) is 2.04. The number of rotatable bonds is 7. The van der Waals surface area contributed by atoms with E-state index in [4.69, 9.17) is 23.7 Å². The van der Waals surface area contributed by atoms with Crippen molar-refractivity contribution in [2.75, 3.05) is 13.1 Å². The number of hydrogen-bond acceptors (Lipinski definition) is 3. The molecule has 4 N–H and O–H groups in total. The van der Waals surface area contributed by atoms with E-state index in [1.165, 1.54) is 4.90 Å². The van der Waals surface area contributed by atoms with E-state index in [-0.39, 0.29) is 17.4 Å². The van der Waals surface area contributed by atoms with Gasteiger partial charge in [-0.1, -0.05) is 42.5 Å². The zero-order valence-electron chi connectivity index (χ0n) is 11.4. The SMILES string of the molecule is CCN(CC(N)=O)C(=O)C(Cc1ccccc1)C(N)=S. The summed E-state index contributed by atoms with van der Waals surface area (Å²) in [6, 6.07) is 9.48. The second-order valence-electron chi connectivity index (χ2n) is 4.46. The first-order chi connectivity index (χ1) is 9.45. The quantitative estimate of drug-likeness (QED) is 0.715. The predicted molar refractivity (Wildman–Crippen MR) is 81.9 cm³/mol. The third-order valence-corrected chi connectivity index (χ3v) is 3.25. The summed E-state index contributed by atoms with van der Waals surface area (Å²) in [5.74, 6) is -1.43. The van der Waals surface area contributed by atoms with Gasteiger partial charge in [-0.25, -0.2) is 0 Å². The molecule has 1 unspecified atom stereocenters. The minimum absolute atomic E-state index is 0.122. The van der Waals surface area contributed by atoms with E-state index in [1.807, 2.05) is 30.3 Å². The number of thiocarbonyl (C=S) groups is 1. The Kier molecular flexibility index (Phi) is 6.11. The van der Waals surface area contributed by atoms with Crippen molar-refractivity contribution in [3.63, 3.8) is 0 Å². The number of carbonyl (C=O) groups excluding carboxylic acids is 2. The van der Waals surface area contributed by atoms with Crippen LogP contribution in [0.2, 0.25) is 0 Å². The van der Waals surface area contributed by atoms with Crippen LogP contribution in [0, 0.1) is 5.92 Å². The summed E-state index contributed by atoms with van der Waals surface area (Å²) in [5, 5.41) is 0. The lowest BCUT2D eigenvalue weighted by Gasteiger charge is -2.24. The number of carbonyl (C=O) groups is 2. The Morgan fingerprint density at radius 2 is 1.85 bits per heavy atom. The number of hydrogen-bond donors (Lipinski definition) is 2. The largest absolute Gasteiger partial charge is 0.393 e. The molecular weight excluding hydrogens is 274 g/mol. The number of amides is 2. The fourth-order valence-corrected chi connectivity index (χ4v) is 2.10. The van der Waals surface area contributed by atoms with Crippen LogP contribution >= 0.6 is 12.2 Å². The van der Waals surface area contributed by atoms with Crippen LogP contribution in [0.3, 0.4) is 0 Å². The van der Waals surface area contributed by atoms with E-state index in [9.17, 15) is 9.59 Å². The molecule has 5 nitrogen and oxygen atoms in total. The minimum Gasteiger partial charge on any atom is -0.393 e. The van der Waals surface area contributed by atoms with Crippen LogP contribution in [-0.4, -0.2) is 34.8 Å². The molecule has 0 radical (unpaired) electrons. The summed E-state index contributed by atoms with van der Waals surface area (Å²) in [5.41, 5.74) is 11.8. The molecule has 1 rings (SSSR count). The maximum absolute atomic E-state index is 12.4.